The summed E-state index contributed by atoms with van der Waals surface area (Å²) in [4.78, 5) is 9.00. The van der Waals surface area contributed by atoms with E-state index in [0.717, 1.165) is 16.8 Å². The Balaban J connectivity index is 1.86. The van der Waals surface area contributed by atoms with Crippen LogP contribution in [0, 0.1) is 0 Å². The van der Waals surface area contributed by atoms with Gasteiger partial charge in [0.1, 0.15) is 0 Å². The minimum absolute atomic E-state index is 0.665. The third kappa shape index (κ3) is 3.40. The quantitative estimate of drug-likeness (QED) is 0.645. The maximum Gasteiger partial charge on any atom is 0.209 e. The molecular formula is C18H16N2O2S. The summed E-state index contributed by atoms with van der Waals surface area (Å²) in [6, 6.07) is 15.7. The predicted molar refractivity (Wildman–Crippen MR) is 94.4 cm³/mol. The van der Waals surface area contributed by atoms with Crippen molar-refractivity contribution in [3.63, 3.8) is 0 Å². The monoisotopic (exact) mass is 324 g/mol. The van der Waals surface area contributed by atoms with E-state index in [1.807, 2.05) is 53.9 Å². The van der Waals surface area contributed by atoms with Crippen LogP contribution in [0.1, 0.15) is 5.56 Å². The minimum Gasteiger partial charge on any atom is -0.493 e. The van der Waals surface area contributed by atoms with Gasteiger partial charge < -0.3 is 9.47 Å². The molecule has 0 radical (unpaired) electrons. The van der Waals surface area contributed by atoms with Crippen LogP contribution in [0.5, 0.6) is 11.5 Å². The van der Waals surface area contributed by atoms with Gasteiger partial charge in [-0.05, 0) is 12.1 Å². The fourth-order valence-corrected chi connectivity index (χ4v) is 2.87. The Morgan fingerprint density at radius 1 is 1.00 bits per heavy atom. The van der Waals surface area contributed by atoms with Crippen molar-refractivity contribution in [1.29, 1.82) is 0 Å². The molecule has 3 rings (SSSR count). The van der Waals surface area contributed by atoms with Crippen molar-refractivity contribution in [3.8, 4) is 22.8 Å². The predicted octanol–water partition coefficient (Wildman–Crippen LogP) is 4.58. The highest BCUT2D eigenvalue weighted by atomic mass is 32.1. The summed E-state index contributed by atoms with van der Waals surface area (Å²) in [5.41, 5.74) is 2.87. The van der Waals surface area contributed by atoms with Gasteiger partial charge in [0.15, 0.2) is 11.5 Å². The highest BCUT2D eigenvalue weighted by Gasteiger charge is 2.08. The molecule has 0 aliphatic rings. The van der Waals surface area contributed by atoms with Crippen molar-refractivity contribution in [2.24, 2.45) is 4.99 Å². The Morgan fingerprint density at radius 3 is 2.57 bits per heavy atom. The van der Waals surface area contributed by atoms with E-state index in [9.17, 15) is 0 Å². The van der Waals surface area contributed by atoms with Gasteiger partial charge in [-0.15, -0.1) is 11.3 Å². The first-order valence-electron chi connectivity index (χ1n) is 7.08. The zero-order valence-electron chi connectivity index (χ0n) is 12.9. The van der Waals surface area contributed by atoms with E-state index in [0.29, 0.717) is 16.6 Å². The fraction of sp³-hybridized carbons (Fsp3) is 0.111. The molecule has 0 spiro atoms. The number of methoxy groups -OCH3 is 2. The molecule has 1 heterocycles. The van der Waals surface area contributed by atoms with Crippen LogP contribution < -0.4 is 9.47 Å². The van der Waals surface area contributed by atoms with Gasteiger partial charge in [-0.3, -0.25) is 0 Å². The molecule has 0 bridgehead atoms. The van der Waals surface area contributed by atoms with E-state index in [1.54, 1.807) is 20.4 Å². The molecule has 23 heavy (non-hydrogen) atoms. The van der Waals surface area contributed by atoms with Gasteiger partial charge in [0.25, 0.3) is 0 Å². The van der Waals surface area contributed by atoms with Gasteiger partial charge in [-0.1, -0.05) is 36.4 Å². The van der Waals surface area contributed by atoms with Gasteiger partial charge in [0.05, 0.1) is 19.9 Å². The highest BCUT2D eigenvalue weighted by Crippen LogP contribution is 2.31. The molecule has 1 aromatic heterocycles. The van der Waals surface area contributed by atoms with E-state index in [-0.39, 0.29) is 0 Å². The van der Waals surface area contributed by atoms with Crippen molar-refractivity contribution < 1.29 is 9.47 Å². The third-order valence-corrected chi connectivity index (χ3v) is 4.06. The number of para-hydroxylation sites is 1. The van der Waals surface area contributed by atoms with Crippen LogP contribution in [0.25, 0.3) is 11.3 Å². The summed E-state index contributed by atoms with van der Waals surface area (Å²) in [6.07, 6.45) is 1.74. The maximum absolute atomic E-state index is 5.40. The van der Waals surface area contributed by atoms with Crippen LogP contribution >= 0.6 is 11.3 Å². The number of nitrogens with zero attached hydrogens (tertiary/aromatic N) is 2. The summed E-state index contributed by atoms with van der Waals surface area (Å²) in [7, 11) is 3.23. The van der Waals surface area contributed by atoms with Crippen LogP contribution in [-0.4, -0.2) is 25.4 Å². The summed E-state index contributed by atoms with van der Waals surface area (Å²) in [5.74, 6) is 1.35. The van der Waals surface area contributed by atoms with Gasteiger partial charge >= 0.3 is 0 Å². The van der Waals surface area contributed by atoms with Crippen LogP contribution in [-0.2, 0) is 0 Å². The lowest BCUT2D eigenvalue weighted by molar-refractivity contribution is 0.354. The molecule has 0 unspecified atom stereocenters. The molecular weight excluding hydrogens is 308 g/mol. The molecule has 0 aliphatic heterocycles. The first-order valence-corrected chi connectivity index (χ1v) is 7.96. The van der Waals surface area contributed by atoms with E-state index >= 15 is 0 Å². The molecule has 0 aliphatic carbocycles. The van der Waals surface area contributed by atoms with E-state index in [2.05, 4.69) is 9.98 Å². The molecule has 2 aromatic carbocycles. The first-order chi connectivity index (χ1) is 11.3. The van der Waals surface area contributed by atoms with Crippen molar-refractivity contribution in [2.45, 2.75) is 0 Å². The number of aromatic nitrogens is 1. The minimum atomic E-state index is 0.665. The maximum atomic E-state index is 5.40. The number of hydrogen-bond acceptors (Lipinski definition) is 5. The van der Waals surface area contributed by atoms with Crippen molar-refractivity contribution in [3.05, 3.63) is 59.5 Å². The number of rotatable bonds is 5. The average Bonchev–Trinajstić information content (AvgIpc) is 3.09. The van der Waals surface area contributed by atoms with Crippen LogP contribution in [0.2, 0.25) is 0 Å². The summed E-state index contributed by atoms with van der Waals surface area (Å²) < 4.78 is 10.7. The fourth-order valence-electron chi connectivity index (χ4n) is 2.20. The van der Waals surface area contributed by atoms with Crippen molar-refractivity contribution in [2.75, 3.05) is 14.2 Å². The molecule has 0 fully saturated rings. The number of aliphatic imine (C=N–C) groups is 1. The molecule has 4 nitrogen and oxygen atoms in total. The van der Waals surface area contributed by atoms with Crippen molar-refractivity contribution >= 4 is 22.7 Å². The average molecular weight is 324 g/mol. The number of thiazole rings is 1. The second-order valence-corrected chi connectivity index (χ2v) is 5.56. The Kier molecular flexibility index (Phi) is 4.68. The van der Waals surface area contributed by atoms with E-state index in [4.69, 9.17) is 9.47 Å². The lowest BCUT2D eigenvalue weighted by Crippen LogP contribution is -1.94. The summed E-state index contributed by atoms with van der Waals surface area (Å²) in [6.45, 7) is 0. The summed E-state index contributed by atoms with van der Waals surface area (Å²) in [5, 5.41) is 2.71. The second kappa shape index (κ2) is 7.07. The first kappa shape index (κ1) is 15.2. The molecule has 5 heteroatoms. The summed E-state index contributed by atoms with van der Waals surface area (Å²) >= 11 is 1.51. The Hall–Kier alpha value is -2.66. The lowest BCUT2D eigenvalue weighted by Gasteiger charge is -2.09. The van der Waals surface area contributed by atoms with Gasteiger partial charge in [0.2, 0.25) is 5.13 Å². The standard InChI is InChI=1S/C18H16N2O2S/c1-21-16-10-6-9-14(17(16)22-2)11-19-18-20-15(12-23-18)13-7-4-3-5-8-13/h3-12H,1-2H3/b19-11+. The molecule has 0 amide bonds. The number of hydrogen-bond donors (Lipinski definition) is 0. The highest BCUT2D eigenvalue weighted by molar-refractivity contribution is 7.13. The molecule has 0 saturated heterocycles. The number of ether oxygens (including phenoxy) is 2. The lowest BCUT2D eigenvalue weighted by atomic mass is 10.2. The van der Waals surface area contributed by atoms with E-state index < -0.39 is 0 Å². The smallest absolute Gasteiger partial charge is 0.209 e. The number of benzene rings is 2. The molecule has 0 atom stereocenters. The van der Waals surface area contributed by atoms with Crippen LogP contribution in [0.4, 0.5) is 5.13 Å². The van der Waals surface area contributed by atoms with Gasteiger partial charge in [-0.25, -0.2) is 9.98 Å². The van der Waals surface area contributed by atoms with Crippen molar-refractivity contribution in [1.82, 2.24) is 4.98 Å². The normalized spacial score (nSPS) is 10.9. The SMILES string of the molecule is COc1cccc(/C=N/c2nc(-c3ccccc3)cs2)c1OC. The largest absolute Gasteiger partial charge is 0.493 e. The Morgan fingerprint density at radius 2 is 1.83 bits per heavy atom. The Labute approximate surface area is 139 Å². The van der Waals surface area contributed by atoms with Gasteiger partial charge in [0, 0.05) is 22.7 Å². The second-order valence-electron chi connectivity index (χ2n) is 4.72. The third-order valence-electron chi connectivity index (χ3n) is 3.31. The topological polar surface area (TPSA) is 43.7 Å². The Bertz CT molecular complexity index is 813. The molecule has 116 valence electrons. The zero-order valence-corrected chi connectivity index (χ0v) is 13.7. The van der Waals surface area contributed by atoms with Crippen LogP contribution in [0.3, 0.4) is 0 Å². The zero-order chi connectivity index (χ0) is 16.1. The molecule has 0 N–H and O–H groups in total. The van der Waals surface area contributed by atoms with Crippen LogP contribution in [0.15, 0.2) is 58.9 Å². The molecule has 3 aromatic rings. The van der Waals surface area contributed by atoms with E-state index in [1.165, 1.54) is 11.3 Å². The van der Waals surface area contributed by atoms with Gasteiger partial charge in [-0.2, -0.15) is 0 Å². The molecule has 0 saturated carbocycles.